The van der Waals surface area contributed by atoms with Crippen LogP contribution in [0.15, 0.2) is 5.16 Å². The van der Waals surface area contributed by atoms with Crippen LogP contribution in [0.2, 0.25) is 0 Å². The van der Waals surface area contributed by atoms with Crippen LogP contribution in [0.25, 0.3) is 0 Å². The van der Waals surface area contributed by atoms with Crippen molar-refractivity contribution < 1.29 is 14.4 Å². The van der Waals surface area contributed by atoms with Crippen LogP contribution in [0.5, 0.6) is 0 Å². The van der Waals surface area contributed by atoms with Gasteiger partial charge in [-0.15, -0.1) is 0 Å². The molecule has 4 heteroatoms. The number of carbonyl (C=O) groups is 1. The molecule has 78 valence electrons. The largest absolute Gasteiger partial charge is 0.466 e. The molecule has 3 unspecified atom stereocenters. The number of ether oxygens (including phenoxy) is 1. The quantitative estimate of drug-likeness (QED) is 0.596. The van der Waals surface area contributed by atoms with E-state index in [1.165, 1.54) is 7.11 Å². The Morgan fingerprint density at radius 2 is 2.43 bits per heavy atom. The number of methoxy groups -OCH3 is 1. The zero-order valence-electron chi connectivity index (χ0n) is 8.74. The van der Waals surface area contributed by atoms with Crippen LogP contribution < -0.4 is 0 Å². The lowest BCUT2D eigenvalue weighted by molar-refractivity contribution is -0.169. The van der Waals surface area contributed by atoms with Crippen molar-refractivity contribution in [1.82, 2.24) is 0 Å². The van der Waals surface area contributed by atoms with Crippen molar-refractivity contribution >= 4 is 11.7 Å². The lowest BCUT2D eigenvalue weighted by Crippen LogP contribution is -2.44. The van der Waals surface area contributed by atoms with E-state index in [1.54, 1.807) is 0 Å². The van der Waals surface area contributed by atoms with E-state index in [-0.39, 0.29) is 11.9 Å². The van der Waals surface area contributed by atoms with E-state index in [2.05, 4.69) is 12.1 Å². The lowest BCUT2D eigenvalue weighted by Gasteiger charge is -2.24. The standard InChI is InChI=1S/C10H15NO3/c1-6-4-5-10(9(12)13-3)8(6)7(2)11-14-10/h6,8H,4-5H2,1-3H3. The van der Waals surface area contributed by atoms with E-state index in [1.807, 2.05) is 6.92 Å². The Kier molecular flexibility index (Phi) is 2.01. The van der Waals surface area contributed by atoms with Gasteiger partial charge in [0.05, 0.1) is 18.7 Å². The van der Waals surface area contributed by atoms with Crippen LogP contribution in [-0.4, -0.2) is 24.4 Å². The average Bonchev–Trinajstić information content (AvgIpc) is 2.68. The fourth-order valence-corrected chi connectivity index (χ4v) is 2.72. The third-order valence-corrected chi connectivity index (χ3v) is 3.38. The van der Waals surface area contributed by atoms with E-state index in [4.69, 9.17) is 9.57 Å². The summed E-state index contributed by atoms with van der Waals surface area (Å²) in [7, 11) is 1.40. The molecule has 0 aromatic rings. The summed E-state index contributed by atoms with van der Waals surface area (Å²) in [6.45, 7) is 4.04. The highest BCUT2D eigenvalue weighted by atomic mass is 16.7. The highest BCUT2D eigenvalue weighted by molar-refractivity contribution is 5.95. The van der Waals surface area contributed by atoms with Gasteiger partial charge in [0.1, 0.15) is 0 Å². The Hall–Kier alpha value is -1.06. The highest BCUT2D eigenvalue weighted by Crippen LogP contribution is 2.47. The molecule has 3 atom stereocenters. The minimum Gasteiger partial charge on any atom is -0.466 e. The molecule has 0 N–H and O–H groups in total. The van der Waals surface area contributed by atoms with E-state index in [0.717, 1.165) is 12.1 Å². The summed E-state index contributed by atoms with van der Waals surface area (Å²) in [5, 5.41) is 3.93. The molecule has 4 nitrogen and oxygen atoms in total. The SMILES string of the molecule is COC(=O)C12CCC(C)C1C(C)=NO2. The van der Waals surface area contributed by atoms with E-state index in [0.29, 0.717) is 12.3 Å². The van der Waals surface area contributed by atoms with Gasteiger partial charge in [-0.3, -0.25) is 0 Å². The van der Waals surface area contributed by atoms with E-state index in [9.17, 15) is 4.79 Å². The summed E-state index contributed by atoms with van der Waals surface area (Å²) in [5.74, 6) is 0.266. The molecule has 2 rings (SSSR count). The summed E-state index contributed by atoms with van der Waals surface area (Å²) < 4.78 is 4.80. The first-order valence-corrected chi connectivity index (χ1v) is 4.93. The third-order valence-electron chi connectivity index (χ3n) is 3.38. The van der Waals surface area contributed by atoms with Gasteiger partial charge in [-0.1, -0.05) is 12.1 Å². The first kappa shape index (κ1) is 9.49. The topological polar surface area (TPSA) is 47.9 Å². The first-order valence-electron chi connectivity index (χ1n) is 4.93. The van der Waals surface area contributed by atoms with Crippen molar-refractivity contribution in [3.63, 3.8) is 0 Å². The van der Waals surface area contributed by atoms with Gasteiger partial charge in [0.15, 0.2) is 0 Å². The number of hydrogen-bond acceptors (Lipinski definition) is 4. The molecule has 0 spiro atoms. The van der Waals surface area contributed by atoms with Crippen LogP contribution >= 0.6 is 0 Å². The lowest BCUT2D eigenvalue weighted by atomic mass is 9.84. The summed E-state index contributed by atoms with van der Waals surface area (Å²) >= 11 is 0. The number of carbonyl (C=O) groups excluding carboxylic acids is 1. The second-order valence-electron chi connectivity index (χ2n) is 4.20. The molecule has 0 aromatic heterocycles. The second-order valence-corrected chi connectivity index (χ2v) is 4.20. The Balaban J connectivity index is 2.33. The Labute approximate surface area is 83.3 Å². The van der Waals surface area contributed by atoms with Crippen LogP contribution in [0.3, 0.4) is 0 Å². The van der Waals surface area contributed by atoms with Gasteiger partial charge >= 0.3 is 5.97 Å². The summed E-state index contributed by atoms with van der Waals surface area (Å²) in [5.41, 5.74) is 0.110. The maximum absolute atomic E-state index is 11.7. The van der Waals surface area contributed by atoms with Crippen molar-refractivity contribution in [2.45, 2.75) is 32.3 Å². The van der Waals surface area contributed by atoms with Gasteiger partial charge in [0.2, 0.25) is 5.60 Å². The molecular formula is C10H15NO3. The second kappa shape index (κ2) is 2.97. The fourth-order valence-electron chi connectivity index (χ4n) is 2.72. The number of fused-ring (bicyclic) bond motifs is 1. The van der Waals surface area contributed by atoms with Gasteiger partial charge < -0.3 is 9.57 Å². The Morgan fingerprint density at radius 3 is 3.07 bits per heavy atom. The van der Waals surface area contributed by atoms with Crippen LogP contribution in [0.1, 0.15) is 26.7 Å². The number of rotatable bonds is 1. The van der Waals surface area contributed by atoms with Crippen molar-refractivity contribution in [1.29, 1.82) is 0 Å². The van der Waals surface area contributed by atoms with Crippen LogP contribution in [0, 0.1) is 11.8 Å². The molecule has 0 amide bonds. The number of nitrogens with zero attached hydrogens (tertiary/aromatic N) is 1. The molecule has 1 fully saturated rings. The Morgan fingerprint density at radius 1 is 1.71 bits per heavy atom. The summed E-state index contributed by atoms with van der Waals surface area (Å²) in [4.78, 5) is 17.0. The molecule has 0 aromatic carbocycles. The number of esters is 1. The molecule has 0 radical (unpaired) electrons. The predicted molar refractivity (Wildman–Crippen MR) is 50.8 cm³/mol. The summed E-state index contributed by atoms with van der Waals surface area (Å²) in [6.07, 6.45) is 1.71. The molecule has 14 heavy (non-hydrogen) atoms. The molecule has 1 heterocycles. The minimum absolute atomic E-state index is 0.106. The van der Waals surface area contributed by atoms with Crippen molar-refractivity contribution in [3.8, 4) is 0 Å². The summed E-state index contributed by atoms with van der Waals surface area (Å²) in [6, 6.07) is 0. The average molecular weight is 197 g/mol. The molecule has 1 aliphatic heterocycles. The molecule has 1 aliphatic carbocycles. The van der Waals surface area contributed by atoms with Crippen LogP contribution in [-0.2, 0) is 14.4 Å². The smallest absolute Gasteiger partial charge is 0.353 e. The zero-order valence-corrected chi connectivity index (χ0v) is 8.74. The number of oxime groups is 1. The fraction of sp³-hybridized carbons (Fsp3) is 0.800. The van der Waals surface area contributed by atoms with Crippen molar-refractivity contribution in [2.24, 2.45) is 17.0 Å². The normalized spacial score (nSPS) is 40.1. The maximum Gasteiger partial charge on any atom is 0.353 e. The van der Waals surface area contributed by atoms with Gasteiger partial charge in [-0.05, 0) is 19.3 Å². The van der Waals surface area contributed by atoms with Crippen LogP contribution in [0.4, 0.5) is 0 Å². The van der Waals surface area contributed by atoms with Gasteiger partial charge in [0.25, 0.3) is 0 Å². The van der Waals surface area contributed by atoms with Gasteiger partial charge in [0, 0.05) is 6.42 Å². The first-order chi connectivity index (χ1) is 6.62. The molecule has 1 saturated carbocycles. The monoisotopic (exact) mass is 197 g/mol. The molecule has 0 saturated heterocycles. The zero-order chi connectivity index (χ0) is 10.3. The molecule has 2 aliphatic rings. The molecule has 0 bridgehead atoms. The third kappa shape index (κ3) is 0.996. The Bertz CT molecular complexity index is 300. The highest BCUT2D eigenvalue weighted by Gasteiger charge is 2.60. The number of hydrogen-bond donors (Lipinski definition) is 0. The predicted octanol–water partition coefficient (Wildman–Crippen LogP) is 1.35. The van der Waals surface area contributed by atoms with Crippen molar-refractivity contribution in [3.05, 3.63) is 0 Å². The van der Waals surface area contributed by atoms with E-state index >= 15 is 0 Å². The molecular weight excluding hydrogens is 182 g/mol. The van der Waals surface area contributed by atoms with E-state index < -0.39 is 5.60 Å². The van der Waals surface area contributed by atoms with Gasteiger partial charge in [-0.25, -0.2) is 4.79 Å². The minimum atomic E-state index is -0.807. The van der Waals surface area contributed by atoms with Gasteiger partial charge in [-0.2, -0.15) is 0 Å². The maximum atomic E-state index is 11.7. The van der Waals surface area contributed by atoms with Crippen molar-refractivity contribution in [2.75, 3.05) is 7.11 Å².